The smallest absolute Gasteiger partial charge is 0.161 e. The summed E-state index contributed by atoms with van der Waals surface area (Å²) in [5.41, 5.74) is 0.905. The SMILES string of the molecule is COc1cc(-c2nccn2CCCn2nc(C)nc2C)ccc1O. The number of aromatic hydroxyl groups is 1. The lowest BCUT2D eigenvalue weighted by Crippen LogP contribution is -2.07. The van der Waals surface area contributed by atoms with Crippen molar-refractivity contribution in [3.63, 3.8) is 0 Å². The minimum atomic E-state index is 0.122. The Balaban J connectivity index is 1.72. The van der Waals surface area contributed by atoms with Gasteiger partial charge in [0.05, 0.1) is 7.11 Å². The number of phenols is 1. The summed E-state index contributed by atoms with van der Waals surface area (Å²) in [6.45, 7) is 5.49. The number of hydrogen-bond donors (Lipinski definition) is 1. The van der Waals surface area contributed by atoms with Gasteiger partial charge in [0.1, 0.15) is 17.5 Å². The van der Waals surface area contributed by atoms with E-state index in [4.69, 9.17) is 4.74 Å². The fourth-order valence-corrected chi connectivity index (χ4v) is 2.73. The molecule has 0 unspecified atom stereocenters. The average molecular weight is 327 g/mol. The van der Waals surface area contributed by atoms with Crippen LogP contribution in [0.5, 0.6) is 11.5 Å². The summed E-state index contributed by atoms with van der Waals surface area (Å²) in [6.07, 6.45) is 4.65. The Morgan fingerprint density at radius 3 is 2.75 bits per heavy atom. The third kappa shape index (κ3) is 3.24. The highest BCUT2D eigenvalue weighted by atomic mass is 16.5. The molecule has 2 aromatic heterocycles. The van der Waals surface area contributed by atoms with Crippen molar-refractivity contribution in [2.45, 2.75) is 33.4 Å². The van der Waals surface area contributed by atoms with E-state index in [-0.39, 0.29) is 5.75 Å². The molecule has 3 rings (SSSR count). The van der Waals surface area contributed by atoms with E-state index >= 15 is 0 Å². The molecule has 0 spiro atoms. The van der Waals surface area contributed by atoms with Crippen LogP contribution < -0.4 is 4.74 Å². The lowest BCUT2D eigenvalue weighted by atomic mass is 10.2. The first-order valence-electron chi connectivity index (χ1n) is 7.85. The highest BCUT2D eigenvalue weighted by Gasteiger charge is 2.10. The van der Waals surface area contributed by atoms with E-state index in [9.17, 15) is 5.11 Å². The second-order valence-electron chi connectivity index (χ2n) is 5.61. The summed E-state index contributed by atoms with van der Waals surface area (Å²) in [6, 6.07) is 5.25. The van der Waals surface area contributed by atoms with Gasteiger partial charge in [-0.05, 0) is 38.5 Å². The third-order valence-corrected chi connectivity index (χ3v) is 3.88. The van der Waals surface area contributed by atoms with Gasteiger partial charge in [0, 0.05) is 31.0 Å². The van der Waals surface area contributed by atoms with Crippen LogP contribution in [0.4, 0.5) is 0 Å². The Bertz CT molecular complexity index is 837. The largest absolute Gasteiger partial charge is 0.504 e. The minimum Gasteiger partial charge on any atom is -0.504 e. The Morgan fingerprint density at radius 1 is 1.21 bits per heavy atom. The number of rotatable bonds is 6. The zero-order valence-corrected chi connectivity index (χ0v) is 14.1. The summed E-state index contributed by atoms with van der Waals surface area (Å²) < 4.78 is 9.19. The minimum absolute atomic E-state index is 0.122. The van der Waals surface area contributed by atoms with E-state index in [1.165, 1.54) is 7.11 Å². The summed E-state index contributed by atoms with van der Waals surface area (Å²) in [7, 11) is 1.54. The molecular formula is C17H21N5O2. The standard InChI is InChI=1S/C17H21N5O2/c1-12-19-13(2)22(20-12)9-4-8-21-10-7-18-17(21)14-5-6-15(23)16(11-14)24-3/h5-7,10-11,23H,4,8-9H2,1-3H3. The van der Waals surface area contributed by atoms with Gasteiger partial charge in [0.25, 0.3) is 0 Å². The predicted octanol–water partition coefficient (Wildman–Crippen LogP) is 2.56. The van der Waals surface area contributed by atoms with E-state index in [2.05, 4.69) is 19.6 Å². The van der Waals surface area contributed by atoms with Crippen LogP contribution in [-0.2, 0) is 13.1 Å². The molecule has 0 amide bonds. The van der Waals surface area contributed by atoms with Crippen LogP contribution in [0.3, 0.4) is 0 Å². The topological polar surface area (TPSA) is 78.0 Å². The Kier molecular flexibility index (Phi) is 4.50. The molecule has 7 nitrogen and oxygen atoms in total. The van der Waals surface area contributed by atoms with Crippen LogP contribution in [-0.4, -0.2) is 36.5 Å². The van der Waals surface area contributed by atoms with Gasteiger partial charge in [-0.15, -0.1) is 0 Å². The van der Waals surface area contributed by atoms with Crippen molar-refractivity contribution in [3.8, 4) is 22.9 Å². The Morgan fingerprint density at radius 2 is 2.04 bits per heavy atom. The van der Waals surface area contributed by atoms with Crippen LogP contribution in [0.2, 0.25) is 0 Å². The number of ether oxygens (including phenoxy) is 1. The molecule has 0 aliphatic rings. The lowest BCUT2D eigenvalue weighted by Gasteiger charge is -2.10. The van der Waals surface area contributed by atoms with Gasteiger partial charge in [-0.3, -0.25) is 4.68 Å². The number of methoxy groups -OCH3 is 1. The van der Waals surface area contributed by atoms with E-state index in [0.29, 0.717) is 5.75 Å². The van der Waals surface area contributed by atoms with Crippen molar-refractivity contribution < 1.29 is 9.84 Å². The quantitative estimate of drug-likeness (QED) is 0.753. The average Bonchev–Trinajstić information content (AvgIpc) is 3.14. The van der Waals surface area contributed by atoms with Crippen molar-refractivity contribution in [2.75, 3.05) is 7.11 Å². The molecule has 0 fully saturated rings. The second kappa shape index (κ2) is 6.74. The monoisotopic (exact) mass is 327 g/mol. The van der Waals surface area contributed by atoms with Crippen LogP contribution in [0.15, 0.2) is 30.6 Å². The molecule has 0 saturated heterocycles. The first-order valence-corrected chi connectivity index (χ1v) is 7.85. The van der Waals surface area contributed by atoms with Gasteiger partial charge in [-0.25, -0.2) is 9.97 Å². The molecule has 0 saturated carbocycles. The van der Waals surface area contributed by atoms with Gasteiger partial charge in [0.2, 0.25) is 0 Å². The predicted molar refractivity (Wildman–Crippen MR) is 90.0 cm³/mol. The maximum atomic E-state index is 9.73. The molecule has 7 heteroatoms. The zero-order chi connectivity index (χ0) is 17.1. The molecule has 0 aliphatic carbocycles. The number of aryl methyl sites for hydroxylation is 4. The third-order valence-electron chi connectivity index (χ3n) is 3.88. The molecule has 1 N–H and O–H groups in total. The second-order valence-corrected chi connectivity index (χ2v) is 5.61. The summed E-state index contributed by atoms with van der Waals surface area (Å²) in [5, 5.41) is 14.1. The zero-order valence-electron chi connectivity index (χ0n) is 14.1. The number of imidazole rings is 1. The van der Waals surface area contributed by atoms with Gasteiger partial charge >= 0.3 is 0 Å². The van der Waals surface area contributed by atoms with Crippen molar-refractivity contribution in [1.29, 1.82) is 0 Å². The fourth-order valence-electron chi connectivity index (χ4n) is 2.73. The fraction of sp³-hybridized carbons (Fsp3) is 0.353. The summed E-state index contributed by atoms with van der Waals surface area (Å²) >= 11 is 0. The van der Waals surface area contributed by atoms with E-state index in [0.717, 1.165) is 42.5 Å². The molecule has 0 atom stereocenters. The summed E-state index contributed by atoms with van der Waals surface area (Å²) in [5.74, 6) is 3.14. The van der Waals surface area contributed by atoms with Gasteiger partial charge < -0.3 is 14.4 Å². The molecule has 0 bridgehead atoms. The molecule has 2 heterocycles. The number of nitrogens with zero attached hydrogens (tertiary/aromatic N) is 5. The van der Waals surface area contributed by atoms with Crippen LogP contribution in [0.25, 0.3) is 11.4 Å². The number of hydrogen-bond acceptors (Lipinski definition) is 5. The Hall–Kier alpha value is -2.83. The van der Waals surface area contributed by atoms with Crippen molar-refractivity contribution in [3.05, 3.63) is 42.2 Å². The van der Waals surface area contributed by atoms with Crippen molar-refractivity contribution in [1.82, 2.24) is 24.3 Å². The summed E-state index contributed by atoms with van der Waals surface area (Å²) in [4.78, 5) is 8.74. The first kappa shape index (κ1) is 16.0. The Labute approximate surface area is 140 Å². The highest BCUT2D eigenvalue weighted by molar-refractivity contribution is 5.61. The van der Waals surface area contributed by atoms with Crippen LogP contribution in [0, 0.1) is 13.8 Å². The molecule has 24 heavy (non-hydrogen) atoms. The van der Waals surface area contributed by atoms with Crippen molar-refractivity contribution >= 4 is 0 Å². The molecule has 126 valence electrons. The van der Waals surface area contributed by atoms with Gasteiger partial charge in [-0.2, -0.15) is 5.10 Å². The maximum absolute atomic E-state index is 9.73. The van der Waals surface area contributed by atoms with E-state index in [1.807, 2.05) is 30.8 Å². The van der Waals surface area contributed by atoms with Crippen LogP contribution >= 0.6 is 0 Å². The maximum Gasteiger partial charge on any atom is 0.161 e. The number of phenolic OH excluding ortho intramolecular Hbond substituents is 1. The molecular weight excluding hydrogens is 306 g/mol. The van der Waals surface area contributed by atoms with E-state index < -0.39 is 0 Å². The molecule has 3 aromatic rings. The number of benzene rings is 1. The number of aromatic nitrogens is 5. The molecule has 0 aliphatic heterocycles. The van der Waals surface area contributed by atoms with E-state index in [1.54, 1.807) is 18.3 Å². The molecule has 1 aromatic carbocycles. The lowest BCUT2D eigenvalue weighted by molar-refractivity contribution is 0.373. The van der Waals surface area contributed by atoms with Gasteiger partial charge in [0.15, 0.2) is 11.5 Å². The normalized spacial score (nSPS) is 11.0. The van der Waals surface area contributed by atoms with Crippen molar-refractivity contribution in [2.24, 2.45) is 0 Å². The van der Waals surface area contributed by atoms with Crippen LogP contribution in [0.1, 0.15) is 18.1 Å². The highest BCUT2D eigenvalue weighted by Crippen LogP contribution is 2.30. The first-order chi connectivity index (χ1) is 11.6. The molecule has 0 radical (unpaired) electrons. The van der Waals surface area contributed by atoms with Gasteiger partial charge in [-0.1, -0.05) is 0 Å².